The fourth-order valence-corrected chi connectivity index (χ4v) is 3.88. The topological polar surface area (TPSA) is 0 Å². The summed E-state index contributed by atoms with van der Waals surface area (Å²) in [6.07, 6.45) is 29.3. The van der Waals surface area contributed by atoms with E-state index in [1.165, 1.54) is 62.5 Å². The van der Waals surface area contributed by atoms with E-state index < -0.39 is 0 Å². The van der Waals surface area contributed by atoms with Gasteiger partial charge in [-0.2, -0.15) is 12.2 Å². The van der Waals surface area contributed by atoms with Crippen LogP contribution in [0.2, 0.25) is 0 Å². The first-order valence-corrected chi connectivity index (χ1v) is 8.48. The summed E-state index contributed by atoms with van der Waals surface area (Å²) < 4.78 is 0. The molecule has 2 saturated carbocycles. The van der Waals surface area contributed by atoms with Gasteiger partial charge in [0, 0.05) is 0 Å². The molecule has 0 saturated heterocycles. The zero-order chi connectivity index (χ0) is 13.6. The maximum atomic E-state index is 3.40. The molecule has 4 aliphatic rings. The molecule has 126 valence electrons. The van der Waals surface area contributed by atoms with Gasteiger partial charge in [0.15, 0.2) is 0 Å². The van der Waals surface area contributed by atoms with Crippen molar-refractivity contribution in [3.63, 3.8) is 0 Å². The third-order valence-corrected chi connectivity index (χ3v) is 5.03. The average molecular weight is 398 g/mol. The summed E-state index contributed by atoms with van der Waals surface area (Å²) in [6, 6.07) is 0. The van der Waals surface area contributed by atoms with Crippen LogP contribution in [-0.2, 0) is 26.2 Å². The van der Waals surface area contributed by atoms with Crippen LogP contribution in [0, 0.1) is 24.0 Å². The second kappa shape index (κ2) is 12.1. The molecule has 0 bridgehead atoms. The summed E-state index contributed by atoms with van der Waals surface area (Å²) >= 11 is 0. The van der Waals surface area contributed by atoms with E-state index in [9.17, 15) is 0 Å². The van der Waals surface area contributed by atoms with Gasteiger partial charge in [-0.3, -0.25) is 21.6 Å². The third-order valence-electron chi connectivity index (χ3n) is 5.03. The van der Waals surface area contributed by atoms with Gasteiger partial charge in [-0.15, -0.1) is 12.8 Å². The smallest absolute Gasteiger partial charge is 0.269 e. The Balaban J connectivity index is 0.000000372. The number of halogens is 2. The molecule has 0 aromatic rings. The molecule has 0 spiro atoms. The summed E-state index contributed by atoms with van der Waals surface area (Å²) in [4.78, 5) is 0. The van der Waals surface area contributed by atoms with E-state index >= 15 is 0 Å². The van der Waals surface area contributed by atoms with E-state index in [0.29, 0.717) is 0 Å². The van der Waals surface area contributed by atoms with Gasteiger partial charge in [0.1, 0.15) is 0 Å². The molecule has 0 atom stereocenters. The minimum Gasteiger partial charge on any atom is -0.269 e. The zero-order valence-corrected chi connectivity index (χ0v) is 16.3. The van der Waals surface area contributed by atoms with Crippen LogP contribution >= 0.6 is 0 Å². The number of rotatable bonds is 2. The molecule has 4 rings (SSSR count). The Hall–Kier alpha value is -0.297. The van der Waals surface area contributed by atoms with Crippen LogP contribution in [-0.4, -0.2) is 0 Å². The van der Waals surface area contributed by atoms with Gasteiger partial charge in [0.25, 0.3) is 0 Å². The Kier molecular flexibility index (Phi) is 12.0. The monoisotopic (exact) mass is 396 g/mol. The van der Waals surface area contributed by atoms with Gasteiger partial charge in [-0.1, -0.05) is 25.7 Å². The molecule has 0 N–H and O–H groups in total. The van der Waals surface area contributed by atoms with Crippen LogP contribution in [0.25, 0.3) is 0 Å². The molecule has 3 heteroatoms. The van der Waals surface area contributed by atoms with Crippen molar-refractivity contribution in [3.8, 4) is 0 Å². The van der Waals surface area contributed by atoms with Crippen molar-refractivity contribution in [2.45, 2.75) is 64.2 Å². The second-order valence-electron chi connectivity index (χ2n) is 6.44. The van der Waals surface area contributed by atoms with Gasteiger partial charge in [-0.05, 0) is 37.5 Å². The van der Waals surface area contributed by atoms with Crippen molar-refractivity contribution in [1.29, 1.82) is 0 Å². The SMILES string of the molecule is F.F.[C-]1=C(C2CCCC2)C=CC1.[C-]1=C(C2CCCC2)C=CC1.[Zr+2]. The average Bonchev–Trinajstić information content (AvgIpc) is 3.29. The van der Waals surface area contributed by atoms with Crippen LogP contribution in [0.3, 0.4) is 0 Å². The summed E-state index contributed by atoms with van der Waals surface area (Å²) in [5, 5.41) is 0. The Morgan fingerprint density at radius 3 is 1.26 bits per heavy atom. The molecule has 0 aromatic carbocycles. The van der Waals surface area contributed by atoms with E-state index in [1.54, 1.807) is 0 Å². The quantitative estimate of drug-likeness (QED) is 0.499. The minimum atomic E-state index is 0. The molecule has 0 aliphatic heterocycles. The maximum Gasteiger partial charge on any atom is 2.00 e. The predicted octanol–water partition coefficient (Wildman–Crippen LogP) is 6.03. The normalized spacial score (nSPS) is 22.4. The Bertz CT molecular complexity index is 395. The first-order chi connectivity index (χ1) is 9.93. The van der Waals surface area contributed by atoms with Crippen LogP contribution in [0.4, 0.5) is 9.41 Å². The van der Waals surface area contributed by atoms with Crippen LogP contribution < -0.4 is 0 Å². The van der Waals surface area contributed by atoms with Gasteiger partial charge < -0.3 is 0 Å². The minimum absolute atomic E-state index is 0. The molecule has 0 aromatic heterocycles. The van der Waals surface area contributed by atoms with Gasteiger partial charge in [-0.25, -0.2) is 23.3 Å². The number of hydrogen-bond acceptors (Lipinski definition) is 0. The largest absolute Gasteiger partial charge is 2.00 e. The fourth-order valence-electron chi connectivity index (χ4n) is 3.88. The molecule has 4 aliphatic carbocycles. The van der Waals surface area contributed by atoms with Crippen LogP contribution in [0.5, 0.6) is 0 Å². The summed E-state index contributed by atoms with van der Waals surface area (Å²) in [6.45, 7) is 0. The zero-order valence-electron chi connectivity index (χ0n) is 13.9. The van der Waals surface area contributed by atoms with Crippen molar-refractivity contribution in [3.05, 3.63) is 47.6 Å². The van der Waals surface area contributed by atoms with E-state index in [2.05, 4.69) is 36.5 Å². The standard InChI is InChI=1S/2C10H13.2FH.Zr/c2*1-2-6-9(5-1)10-7-3-4-8-10;;;/h2*1,5,10H,2-4,7-8H2;2*1H;/q2*-1;;;+2. The molecule has 23 heavy (non-hydrogen) atoms. The first kappa shape index (κ1) is 22.7. The fraction of sp³-hybridized carbons (Fsp3) is 0.600. The molecule has 0 radical (unpaired) electrons. The molecule has 2 fully saturated rings. The molecular formula is C20H28F2Zr. The van der Waals surface area contributed by atoms with Gasteiger partial charge in [0.2, 0.25) is 0 Å². The molecule has 0 unspecified atom stereocenters. The van der Waals surface area contributed by atoms with Crippen LogP contribution in [0.15, 0.2) is 35.5 Å². The molecule has 0 heterocycles. The van der Waals surface area contributed by atoms with Crippen molar-refractivity contribution in [1.82, 2.24) is 0 Å². The Labute approximate surface area is 159 Å². The van der Waals surface area contributed by atoms with E-state index in [1.807, 2.05) is 0 Å². The van der Waals surface area contributed by atoms with Crippen LogP contribution in [0.1, 0.15) is 64.2 Å². The second-order valence-corrected chi connectivity index (χ2v) is 6.44. The van der Waals surface area contributed by atoms with Crippen molar-refractivity contribution in [2.75, 3.05) is 0 Å². The molecule has 0 amide bonds. The Morgan fingerprint density at radius 2 is 1.00 bits per heavy atom. The number of allylic oxidation sites excluding steroid dienone is 8. The number of hydrogen-bond donors (Lipinski definition) is 0. The van der Waals surface area contributed by atoms with E-state index in [0.717, 1.165) is 24.7 Å². The summed E-state index contributed by atoms with van der Waals surface area (Å²) in [5.41, 5.74) is 3.00. The van der Waals surface area contributed by atoms with Crippen molar-refractivity contribution < 1.29 is 35.6 Å². The predicted molar refractivity (Wildman–Crippen MR) is 89.9 cm³/mol. The van der Waals surface area contributed by atoms with E-state index in [-0.39, 0.29) is 35.6 Å². The maximum absolute atomic E-state index is 3.40. The molecule has 0 nitrogen and oxygen atoms in total. The van der Waals surface area contributed by atoms with Crippen molar-refractivity contribution >= 4 is 0 Å². The summed E-state index contributed by atoms with van der Waals surface area (Å²) in [5.74, 6) is 1.75. The van der Waals surface area contributed by atoms with Gasteiger partial charge in [0.05, 0.1) is 0 Å². The van der Waals surface area contributed by atoms with Gasteiger partial charge >= 0.3 is 26.2 Å². The summed E-state index contributed by atoms with van der Waals surface area (Å²) in [7, 11) is 0. The Morgan fingerprint density at radius 1 is 0.652 bits per heavy atom. The third kappa shape index (κ3) is 6.61. The molecular weight excluding hydrogens is 369 g/mol. The van der Waals surface area contributed by atoms with E-state index in [4.69, 9.17) is 0 Å². The van der Waals surface area contributed by atoms with Crippen molar-refractivity contribution in [2.24, 2.45) is 11.8 Å². The first-order valence-electron chi connectivity index (χ1n) is 8.48.